The Hall–Kier alpha value is -3.03. The molecule has 32 heavy (non-hydrogen) atoms. The second kappa shape index (κ2) is 11.0. The zero-order valence-electron chi connectivity index (χ0n) is 17.7. The van der Waals surface area contributed by atoms with Crippen LogP contribution in [0.1, 0.15) is 36.3 Å². The zero-order valence-corrected chi connectivity index (χ0v) is 17.7. The van der Waals surface area contributed by atoms with Crippen LogP contribution in [0.15, 0.2) is 60.7 Å². The smallest absolute Gasteiger partial charge is 0.422 e. The minimum atomic E-state index is -4.55. The van der Waals surface area contributed by atoms with Crippen molar-refractivity contribution in [3.05, 3.63) is 71.8 Å². The van der Waals surface area contributed by atoms with Gasteiger partial charge in [-0.3, -0.25) is 4.79 Å². The van der Waals surface area contributed by atoms with Gasteiger partial charge in [0, 0.05) is 31.5 Å². The third-order valence-corrected chi connectivity index (χ3v) is 5.62. The standard InChI is InChI=1S/C24H27F3N2O3/c25-24(26,27)17-32-23(31)29-15-12-20(13-16-29)22(30)28-14-11-21(18-7-3-1-4-8-18)19-9-5-2-6-10-19/h1-10,20-21H,11-17H2,(H,28,30). The summed E-state index contributed by atoms with van der Waals surface area (Å²) < 4.78 is 40.9. The topological polar surface area (TPSA) is 58.6 Å². The number of rotatable bonds is 7. The maximum atomic E-state index is 12.6. The lowest BCUT2D eigenvalue weighted by molar-refractivity contribution is -0.162. The number of piperidine rings is 1. The highest BCUT2D eigenvalue weighted by Gasteiger charge is 2.33. The number of ether oxygens (including phenoxy) is 1. The second-order valence-corrected chi connectivity index (χ2v) is 7.88. The van der Waals surface area contributed by atoms with E-state index < -0.39 is 18.9 Å². The molecule has 0 aliphatic carbocycles. The second-order valence-electron chi connectivity index (χ2n) is 7.88. The van der Waals surface area contributed by atoms with Crippen LogP contribution in [0.2, 0.25) is 0 Å². The summed E-state index contributed by atoms with van der Waals surface area (Å²) in [6, 6.07) is 20.2. The summed E-state index contributed by atoms with van der Waals surface area (Å²) in [7, 11) is 0. The average Bonchev–Trinajstić information content (AvgIpc) is 2.81. The Balaban J connectivity index is 1.47. The average molecular weight is 448 g/mol. The first-order chi connectivity index (χ1) is 15.3. The molecule has 0 bridgehead atoms. The highest BCUT2D eigenvalue weighted by molar-refractivity contribution is 5.79. The van der Waals surface area contributed by atoms with Crippen LogP contribution < -0.4 is 5.32 Å². The lowest BCUT2D eigenvalue weighted by Crippen LogP contribution is -2.44. The first-order valence-electron chi connectivity index (χ1n) is 10.7. The minimum absolute atomic E-state index is 0.0896. The summed E-state index contributed by atoms with van der Waals surface area (Å²) in [5.41, 5.74) is 2.36. The Kier molecular flexibility index (Phi) is 8.14. The first-order valence-corrected chi connectivity index (χ1v) is 10.7. The number of carbonyl (C=O) groups is 2. The molecule has 1 saturated heterocycles. The van der Waals surface area contributed by atoms with Crippen LogP contribution in [0.3, 0.4) is 0 Å². The van der Waals surface area contributed by atoms with Crippen LogP contribution in [0.25, 0.3) is 0 Å². The monoisotopic (exact) mass is 448 g/mol. The molecule has 8 heteroatoms. The predicted octanol–water partition coefficient (Wildman–Crippen LogP) is 4.74. The number of hydrogen-bond donors (Lipinski definition) is 1. The van der Waals surface area contributed by atoms with E-state index in [0.717, 1.165) is 6.42 Å². The van der Waals surface area contributed by atoms with E-state index in [-0.39, 0.29) is 30.8 Å². The fourth-order valence-electron chi connectivity index (χ4n) is 3.94. The van der Waals surface area contributed by atoms with Crippen LogP contribution in [0.4, 0.5) is 18.0 Å². The Bertz CT molecular complexity index is 828. The fourth-order valence-corrected chi connectivity index (χ4v) is 3.94. The van der Waals surface area contributed by atoms with Crippen LogP contribution in [-0.2, 0) is 9.53 Å². The van der Waals surface area contributed by atoms with Crippen molar-refractivity contribution < 1.29 is 27.5 Å². The van der Waals surface area contributed by atoms with E-state index in [0.29, 0.717) is 19.4 Å². The molecule has 1 aliphatic heterocycles. The van der Waals surface area contributed by atoms with Gasteiger partial charge in [-0.1, -0.05) is 60.7 Å². The number of amides is 2. The Labute approximate surface area is 185 Å². The van der Waals surface area contributed by atoms with Gasteiger partial charge in [0.1, 0.15) is 0 Å². The summed E-state index contributed by atoms with van der Waals surface area (Å²) in [5.74, 6) is -0.204. The molecule has 1 aliphatic rings. The Morgan fingerprint density at radius 3 is 2.00 bits per heavy atom. The molecule has 1 N–H and O–H groups in total. The van der Waals surface area contributed by atoms with Crippen molar-refractivity contribution in [1.82, 2.24) is 10.2 Å². The summed E-state index contributed by atoms with van der Waals surface area (Å²) in [5, 5.41) is 2.99. The quantitative estimate of drug-likeness (QED) is 0.666. The summed E-state index contributed by atoms with van der Waals surface area (Å²) in [6.45, 7) is -0.700. The van der Waals surface area contributed by atoms with Gasteiger partial charge in [-0.2, -0.15) is 13.2 Å². The predicted molar refractivity (Wildman–Crippen MR) is 114 cm³/mol. The molecule has 0 radical (unpaired) electrons. The molecule has 0 aromatic heterocycles. The van der Waals surface area contributed by atoms with Crippen LogP contribution in [0.5, 0.6) is 0 Å². The lowest BCUT2D eigenvalue weighted by Gasteiger charge is -2.30. The molecule has 0 saturated carbocycles. The Morgan fingerprint density at radius 2 is 1.50 bits per heavy atom. The molecule has 0 unspecified atom stereocenters. The molecule has 172 valence electrons. The van der Waals surface area contributed by atoms with E-state index in [1.165, 1.54) is 16.0 Å². The fraction of sp³-hybridized carbons (Fsp3) is 0.417. The molecule has 3 rings (SSSR count). The molecular formula is C24H27F3N2O3. The van der Waals surface area contributed by atoms with Crippen molar-refractivity contribution in [2.45, 2.75) is 31.4 Å². The molecule has 2 amide bonds. The molecular weight excluding hydrogens is 421 g/mol. The van der Waals surface area contributed by atoms with Gasteiger partial charge >= 0.3 is 12.3 Å². The number of carbonyl (C=O) groups excluding carboxylic acids is 2. The van der Waals surface area contributed by atoms with Gasteiger partial charge < -0.3 is 15.0 Å². The molecule has 2 aromatic rings. The number of benzene rings is 2. The van der Waals surface area contributed by atoms with E-state index in [2.05, 4.69) is 34.3 Å². The van der Waals surface area contributed by atoms with Crippen molar-refractivity contribution >= 4 is 12.0 Å². The van der Waals surface area contributed by atoms with E-state index in [4.69, 9.17) is 0 Å². The molecule has 0 atom stereocenters. The zero-order chi connectivity index (χ0) is 23.0. The van der Waals surface area contributed by atoms with Gasteiger partial charge in [-0.15, -0.1) is 0 Å². The number of nitrogens with one attached hydrogen (secondary N) is 1. The first kappa shape index (κ1) is 23.6. The van der Waals surface area contributed by atoms with E-state index in [1.807, 2.05) is 36.4 Å². The van der Waals surface area contributed by atoms with Gasteiger partial charge in [0.15, 0.2) is 6.61 Å². The third-order valence-electron chi connectivity index (χ3n) is 5.62. The molecule has 1 fully saturated rings. The van der Waals surface area contributed by atoms with Gasteiger partial charge in [0.05, 0.1) is 0 Å². The maximum absolute atomic E-state index is 12.6. The number of halogens is 3. The Morgan fingerprint density at radius 1 is 0.969 bits per heavy atom. The van der Waals surface area contributed by atoms with Gasteiger partial charge in [-0.25, -0.2) is 4.79 Å². The van der Waals surface area contributed by atoms with Crippen LogP contribution >= 0.6 is 0 Å². The molecule has 5 nitrogen and oxygen atoms in total. The number of hydrogen-bond acceptors (Lipinski definition) is 3. The van der Waals surface area contributed by atoms with Gasteiger partial charge in [0.2, 0.25) is 5.91 Å². The normalized spacial score (nSPS) is 14.9. The largest absolute Gasteiger partial charge is 0.440 e. The van der Waals surface area contributed by atoms with E-state index in [9.17, 15) is 22.8 Å². The van der Waals surface area contributed by atoms with Crippen molar-refractivity contribution in [2.75, 3.05) is 26.2 Å². The van der Waals surface area contributed by atoms with Crippen LogP contribution in [-0.4, -0.2) is 49.3 Å². The number of nitrogens with zero attached hydrogens (tertiary/aromatic N) is 1. The van der Waals surface area contributed by atoms with E-state index >= 15 is 0 Å². The number of alkyl halides is 3. The summed E-state index contributed by atoms with van der Waals surface area (Å²) in [6.07, 6.45) is -4.01. The van der Waals surface area contributed by atoms with Crippen molar-refractivity contribution in [3.8, 4) is 0 Å². The molecule has 0 spiro atoms. The lowest BCUT2D eigenvalue weighted by atomic mass is 9.88. The van der Waals surface area contributed by atoms with E-state index in [1.54, 1.807) is 0 Å². The highest BCUT2D eigenvalue weighted by Crippen LogP contribution is 2.27. The summed E-state index contributed by atoms with van der Waals surface area (Å²) in [4.78, 5) is 25.6. The van der Waals surface area contributed by atoms with Gasteiger partial charge in [0.25, 0.3) is 0 Å². The van der Waals surface area contributed by atoms with Crippen LogP contribution in [0, 0.1) is 5.92 Å². The van der Waals surface area contributed by atoms with Crippen molar-refractivity contribution in [2.24, 2.45) is 5.92 Å². The highest BCUT2D eigenvalue weighted by atomic mass is 19.4. The van der Waals surface area contributed by atoms with Crippen molar-refractivity contribution in [1.29, 1.82) is 0 Å². The maximum Gasteiger partial charge on any atom is 0.422 e. The SMILES string of the molecule is O=C(NCCC(c1ccccc1)c1ccccc1)C1CCN(C(=O)OCC(F)(F)F)CC1. The van der Waals surface area contributed by atoms with Crippen molar-refractivity contribution in [3.63, 3.8) is 0 Å². The minimum Gasteiger partial charge on any atom is -0.440 e. The van der Waals surface area contributed by atoms with Gasteiger partial charge in [-0.05, 0) is 30.4 Å². The molecule has 2 aromatic carbocycles. The summed E-state index contributed by atoms with van der Waals surface area (Å²) >= 11 is 0. The number of likely N-dealkylation sites (tertiary alicyclic amines) is 1. The molecule has 1 heterocycles. The third kappa shape index (κ3) is 7.00.